The fourth-order valence-electron chi connectivity index (χ4n) is 3.07. The van der Waals surface area contributed by atoms with Gasteiger partial charge in [-0.25, -0.2) is 0 Å². The van der Waals surface area contributed by atoms with Crippen LogP contribution in [0.25, 0.3) is 0 Å². The van der Waals surface area contributed by atoms with Gasteiger partial charge < -0.3 is 8.94 Å². The molecule has 0 aromatic carbocycles. The van der Waals surface area contributed by atoms with E-state index in [2.05, 4.69) is 39.1 Å². The molecular formula is C16H23N5O2. The van der Waals surface area contributed by atoms with E-state index in [1.54, 1.807) is 0 Å². The Morgan fingerprint density at radius 3 is 2.78 bits per heavy atom. The van der Waals surface area contributed by atoms with Crippen molar-refractivity contribution in [3.05, 3.63) is 23.5 Å². The molecular weight excluding hydrogens is 294 g/mol. The van der Waals surface area contributed by atoms with E-state index in [0.29, 0.717) is 18.4 Å². The van der Waals surface area contributed by atoms with Crippen molar-refractivity contribution in [2.24, 2.45) is 0 Å². The van der Waals surface area contributed by atoms with Gasteiger partial charge in [-0.1, -0.05) is 19.0 Å². The summed E-state index contributed by atoms with van der Waals surface area (Å²) >= 11 is 0. The molecule has 2 aromatic rings. The lowest BCUT2D eigenvalue weighted by molar-refractivity contribution is 0.178. The summed E-state index contributed by atoms with van der Waals surface area (Å²) in [6.07, 6.45) is 4.59. The molecule has 7 heteroatoms. The average Bonchev–Trinajstić information content (AvgIpc) is 3.09. The first-order chi connectivity index (χ1) is 11.2. The van der Waals surface area contributed by atoms with Gasteiger partial charge >= 0.3 is 0 Å². The van der Waals surface area contributed by atoms with E-state index in [1.165, 1.54) is 12.8 Å². The summed E-state index contributed by atoms with van der Waals surface area (Å²) in [7, 11) is 0. The highest BCUT2D eigenvalue weighted by Crippen LogP contribution is 2.39. The van der Waals surface area contributed by atoms with Crippen LogP contribution in [0.5, 0.6) is 0 Å². The Balaban J connectivity index is 1.39. The molecule has 1 aliphatic carbocycles. The predicted octanol–water partition coefficient (Wildman–Crippen LogP) is 2.83. The fourth-order valence-corrected chi connectivity index (χ4v) is 3.07. The molecule has 1 saturated carbocycles. The Hall–Kier alpha value is -1.76. The summed E-state index contributed by atoms with van der Waals surface area (Å²) in [6.45, 7) is 6.81. The molecule has 124 valence electrons. The molecule has 7 nitrogen and oxygen atoms in total. The van der Waals surface area contributed by atoms with Crippen LogP contribution < -0.4 is 0 Å². The van der Waals surface area contributed by atoms with Crippen molar-refractivity contribution in [2.75, 3.05) is 13.1 Å². The summed E-state index contributed by atoms with van der Waals surface area (Å²) in [5.41, 5.74) is 0. The third kappa shape index (κ3) is 3.29. The molecule has 0 radical (unpaired) electrons. The quantitative estimate of drug-likeness (QED) is 0.838. The first-order valence-corrected chi connectivity index (χ1v) is 8.57. The number of likely N-dealkylation sites (tertiary alicyclic amines) is 1. The summed E-state index contributed by atoms with van der Waals surface area (Å²) < 4.78 is 11.1. The standard InChI is InChI=1S/C16H23N5O2/c1-10(2)15-17-14(20-23-15)12-4-3-7-21(8-12)9-13-18-19-16(22-13)11-5-6-11/h10-12H,3-9H2,1-2H3/t12-/m0/s1. The number of aromatic nitrogens is 4. The van der Waals surface area contributed by atoms with Crippen molar-refractivity contribution in [1.82, 2.24) is 25.2 Å². The molecule has 23 heavy (non-hydrogen) atoms. The van der Waals surface area contributed by atoms with Gasteiger partial charge in [-0.2, -0.15) is 4.98 Å². The van der Waals surface area contributed by atoms with E-state index in [-0.39, 0.29) is 5.92 Å². The van der Waals surface area contributed by atoms with Crippen LogP contribution in [0.15, 0.2) is 8.94 Å². The van der Waals surface area contributed by atoms with E-state index in [4.69, 9.17) is 8.94 Å². The molecule has 0 bridgehead atoms. The van der Waals surface area contributed by atoms with Crippen molar-refractivity contribution in [3.63, 3.8) is 0 Å². The number of piperidine rings is 1. The topological polar surface area (TPSA) is 81.1 Å². The van der Waals surface area contributed by atoms with Gasteiger partial charge in [-0.15, -0.1) is 10.2 Å². The SMILES string of the molecule is CC(C)c1nc([C@H]2CCCN(Cc3nnc(C4CC4)o3)C2)no1. The fraction of sp³-hybridized carbons (Fsp3) is 0.750. The second-order valence-corrected chi connectivity index (χ2v) is 7.03. The Labute approximate surface area is 135 Å². The monoisotopic (exact) mass is 317 g/mol. The number of rotatable bonds is 5. The lowest BCUT2D eigenvalue weighted by atomic mass is 9.97. The Bertz CT molecular complexity index is 661. The van der Waals surface area contributed by atoms with Gasteiger partial charge in [0.2, 0.25) is 17.7 Å². The molecule has 1 atom stereocenters. The van der Waals surface area contributed by atoms with Gasteiger partial charge in [-0.05, 0) is 32.2 Å². The zero-order valence-electron chi connectivity index (χ0n) is 13.7. The van der Waals surface area contributed by atoms with Crippen LogP contribution in [-0.4, -0.2) is 38.3 Å². The Morgan fingerprint density at radius 2 is 2.04 bits per heavy atom. The maximum Gasteiger partial charge on any atom is 0.230 e. The van der Waals surface area contributed by atoms with Crippen LogP contribution >= 0.6 is 0 Å². The lowest BCUT2D eigenvalue weighted by Gasteiger charge is -2.29. The number of hydrogen-bond donors (Lipinski definition) is 0. The molecule has 3 heterocycles. The lowest BCUT2D eigenvalue weighted by Crippen LogP contribution is -2.34. The van der Waals surface area contributed by atoms with Gasteiger partial charge in [0.1, 0.15) is 0 Å². The molecule has 0 amide bonds. The van der Waals surface area contributed by atoms with Crippen LogP contribution in [0.1, 0.15) is 80.8 Å². The molecule has 0 N–H and O–H groups in total. The third-order valence-electron chi connectivity index (χ3n) is 4.59. The molecule has 2 aromatic heterocycles. The Kier molecular flexibility index (Phi) is 3.88. The number of hydrogen-bond acceptors (Lipinski definition) is 7. The highest BCUT2D eigenvalue weighted by Gasteiger charge is 2.30. The molecule has 1 saturated heterocycles. The summed E-state index contributed by atoms with van der Waals surface area (Å²) in [6, 6.07) is 0. The average molecular weight is 317 g/mol. The summed E-state index contributed by atoms with van der Waals surface area (Å²) in [4.78, 5) is 6.91. The van der Waals surface area contributed by atoms with Gasteiger partial charge in [0.05, 0.1) is 6.54 Å². The zero-order chi connectivity index (χ0) is 15.8. The second-order valence-electron chi connectivity index (χ2n) is 7.03. The van der Waals surface area contributed by atoms with Gasteiger partial charge in [0.25, 0.3) is 0 Å². The second kappa shape index (κ2) is 6.03. The smallest absolute Gasteiger partial charge is 0.230 e. The summed E-state index contributed by atoms with van der Waals surface area (Å²) in [5, 5.41) is 12.5. The molecule has 0 unspecified atom stereocenters. The maximum atomic E-state index is 5.77. The van der Waals surface area contributed by atoms with Crippen molar-refractivity contribution in [1.29, 1.82) is 0 Å². The van der Waals surface area contributed by atoms with Crippen LogP contribution in [0.3, 0.4) is 0 Å². The van der Waals surface area contributed by atoms with Crippen LogP contribution in [0.4, 0.5) is 0 Å². The first kappa shape index (κ1) is 14.8. The van der Waals surface area contributed by atoms with Crippen LogP contribution in [0.2, 0.25) is 0 Å². The van der Waals surface area contributed by atoms with Crippen molar-refractivity contribution in [3.8, 4) is 0 Å². The van der Waals surface area contributed by atoms with E-state index in [0.717, 1.165) is 49.4 Å². The molecule has 4 rings (SSSR count). The van der Waals surface area contributed by atoms with Crippen molar-refractivity contribution < 1.29 is 8.94 Å². The van der Waals surface area contributed by atoms with Gasteiger partial charge in [0, 0.05) is 24.3 Å². The van der Waals surface area contributed by atoms with Crippen LogP contribution in [0, 0.1) is 0 Å². The predicted molar refractivity (Wildman–Crippen MR) is 81.9 cm³/mol. The van der Waals surface area contributed by atoms with E-state index in [9.17, 15) is 0 Å². The molecule has 2 aliphatic rings. The Morgan fingerprint density at radius 1 is 1.17 bits per heavy atom. The maximum absolute atomic E-state index is 5.77. The van der Waals surface area contributed by atoms with Crippen molar-refractivity contribution >= 4 is 0 Å². The van der Waals surface area contributed by atoms with E-state index < -0.39 is 0 Å². The molecule has 0 spiro atoms. The molecule has 1 aliphatic heterocycles. The van der Waals surface area contributed by atoms with Gasteiger partial charge in [-0.3, -0.25) is 4.90 Å². The zero-order valence-corrected chi connectivity index (χ0v) is 13.7. The minimum atomic E-state index is 0.273. The minimum absolute atomic E-state index is 0.273. The van der Waals surface area contributed by atoms with Crippen LogP contribution in [-0.2, 0) is 6.54 Å². The van der Waals surface area contributed by atoms with E-state index in [1.807, 2.05) is 0 Å². The minimum Gasteiger partial charge on any atom is -0.424 e. The highest BCUT2D eigenvalue weighted by molar-refractivity contribution is 5.02. The third-order valence-corrected chi connectivity index (χ3v) is 4.59. The molecule has 2 fully saturated rings. The van der Waals surface area contributed by atoms with Gasteiger partial charge in [0.15, 0.2) is 5.82 Å². The summed E-state index contributed by atoms with van der Waals surface area (Å²) in [5.74, 6) is 4.21. The first-order valence-electron chi connectivity index (χ1n) is 8.57. The normalized spacial score (nSPS) is 22.8. The largest absolute Gasteiger partial charge is 0.424 e. The van der Waals surface area contributed by atoms with Crippen molar-refractivity contribution in [2.45, 2.75) is 63.8 Å². The highest BCUT2D eigenvalue weighted by atomic mass is 16.5. The number of nitrogens with zero attached hydrogens (tertiary/aromatic N) is 5. The van der Waals surface area contributed by atoms with E-state index >= 15 is 0 Å².